The van der Waals surface area contributed by atoms with Crippen molar-refractivity contribution in [3.05, 3.63) is 48.0 Å². The van der Waals surface area contributed by atoms with Gasteiger partial charge in [0, 0.05) is 19.2 Å². The van der Waals surface area contributed by atoms with Crippen LogP contribution < -0.4 is 14.2 Å². The molecule has 0 unspecified atom stereocenters. The highest BCUT2D eigenvalue weighted by Gasteiger charge is 2.30. The molecular formula is C22H29NO5S. The van der Waals surface area contributed by atoms with E-state index in [9.17, 15) is 8.42 Å². The van der Waals surface area contributed by atoms with Gasteiger partial charge in [-0.25, -0.2) is 8.42 Å². The Balaban J connectivity index is 1.57. The van der Waals surface area contributed by atoms with Crippen molar-refractivity contribution in [1.82, 2.24) is 4.31 Å². The van der Waals surface area contributed by atoms with E-state index >= 15 is 0 Å². The summed E-state index contributed by atoms with van der Waals surface area (Å²) in [6.45, 7) is 1.09. The highest BCUT2D eigenvalue weighted by Crippen LogP contribution is 2.32. The van der Waals surface area contributed by atoms with Crippen LogP contribution in [0.3, 0.4) is 0 Å². The quantitative estimate of drug-likeness (QED) is 0.652. The van der Waals surface area contributed by atoms with Gasteiger partial charge in [-0.1, -0.05) is 12.1 Å². The zero-order valence-electron chi connectivity index (χ0n) is 17.3. The lowest BCUT2D eigenvalue weighted by Gasteiger charge is -2.31. The maximum absolute atomic E-state index is 13.0. The summed E-state index contributed by atoms with van der Waals surface area (Å²) in [6.07, 6.45) is 3.82. The Morgan fingerprint density at radius 1 is 0.897 bits per heavy atom. The van der Waals surface area contributed by atoms with Gasteiger partial charge in [0.1, 0.15) is 5.75 Å². The van der Waals surface area contributed by atoms with E-state index in [1.54, 1.807) is 23.5 Å². The van der Waals surface area contributed by atoms with Crippen molar-refractivity contribution in [3.8, 4) is 17.2 Å². The van der Waals surface area contributed by atoms with E-state index < -0.39 is 10.0 Å². The average Bonchev–Trinajstić information content (AvgIpc) is 2.77. The molecule has 0 N–H and O–H groups in total. The summed E-state index contributed by atoms with van der Waals surface area (Å²) in [5.74, 6) is 2.34. The van der Waals surface area contributed by atoms with Crippen LogP contribution in [0, 0.1) is 5.92 Å². The van der Waals surface area contributed by atoms with Crippen LogP contribution in [0.15, 0.2) is 47.4 Å². The summed E-state index contributed by atoms with van der Waals surface area (Å²) in [5.41, 5.74) is 1.28. The lowest BCUT2D eigenvalue weighted by Crippen LogP contribution is -2.38. The summed E-state index contributed by atoms with van der Waals surface area (Å²) < 4.78 is 43.3. The van der Waals surface area contributed by atoms with Crippen LogP contribution in [-0.4, -0.2) is 47.1 Å². The molecule has 0 atom stereocenters. The first kappa shape index (κ1) is 21.5. The highest BCUT2D eigenvalue weighted by atomic mass is 32.2. The first-order valence-corrected chi connectivity index (χ1v) is 11.3. The van der Waals surface area contributed by atoms with Crippen molar-refractivity contribution in [2.45, 2.75) is 30.6 Å². The van der Waals surface area contributed by atoms with E-state index in [-0.39, 0.29) is 4.90 Å². The van der Waals surface area contributed by atoms with Crippen molar-refractivity contribution >= 4 is 10.0 Å². The zero-order valence-corrected chi connectivity index (χ0v) is 18.1. The third kappa shape index (κ3) is 5.03. The number of hydrogen-bond donors (Lipinski definition) is 0. The minimum atomic E-state index is -3.53. The zero-order chi connectivity index (χ0) is 20.9. The van der Waals surface area contributed by atoms with Gasteiger partial charge in [0.25, 0.3) is 0 Å². The lowest BCUT2D eigenvalue weighted by molar-refractivity contribution is 0.263. The number of benzene rings is 2. The topological polar surface area (TPSA) is 65.1 Å². The van der Waals surface area contributed by atoms with Gasteiger partial charge in [0.2, 0.25) is 10.0 Å². The fourth-order valence-corrected chi connectivity index (χ4v) is 5.21. The van der Waals surface area contributed by atoms with E-state index in [0.717, 1.165) is 31.4 Å². The SMILES string of the molecule is COc1ccc(CCC2CCN(S(=O)(=O)c3ccc(OC)c(OC)c3)CC2)cc1. The van der Waals surface area contributed by atoms with Crippen LogP contribution in [0.4, 0.5) is 0 Å². The number of hydrogen-bond acceptors (Lipinski definition) is 5. The Bertz CT molecular complexity index is 903. The van der Waals surface area contributed by atoms with Crippen molar-refractivity contribution < 1.29 is 22.6 Å². The van der Waals surface area contributed by atoms with Crippen LogP contribution in [0.25, 0.3) is 0 Å². The first-order valence-electron chi connectivity index (χ1n) is 9.83. The number of rotatable bonds is 8. The summed E-state index contributed by atoms with van der Waals surface area (Å²) in [7, 11) is 1.16. The van der Waals surface area contributed by atoms with Gasteiger partial charge in [0.15, 0.2) is 11.5 Å². The molecule has 2 aromatic rings. The maximum Gasteiger partial charge on any atom is 0.243 e. The molecule has 158 valence electrons. The van der Waals surface area contributed by atoms with Gasteiger partial charge in [-0.2, -0.15) is 4.31 Å². The van der Waals surface area contributed by atoms with Crippen LogP contribution in [-0.2, 0) is 16.4 Å². The number of nitrogens with zero attached hydrogens (tertiary/aromatic N) is 1. The molecule has 1 saturated heterocycles. The predicted octanol–water partition coefficient (Wildman–Crippen LogP) is 3.75. The number of ether oxygens (including phenoxy) is 3. The molecule has 1 heterocycles. The molecule has 1 aliphatic rings. The van der Waals surface area contributed by atoms with E-state index in [0.29, 0.717) is 30.5 Å². The van der Waals surface area contributed by atoms with Crippen LogP contribution in [0.5, 0.6) is 17.2 Å². The summed E-state index contributed by atoms with van der Waals surface area (Å²) in [6, 6.07) is 12.9. The van der Waals surface area contributed by atoms with Gasteiger partial charge in [-0.05, 0) is 61.4 Å². The number of sulfonamides is 1. The molecule has 2 aromatic carbocycles. The van der Waals surface area contributed by atoms with Crippen molar-refractivity contribution in [1.29, 1.82) is 0 Å². The van der Waals surface area contributed by atoms with Gasteiger partial charge < -0.3 is 14.2 Å². The van der Waals surface area contributed by atoms with Gasteiger partial charge in [-0.3, -0.25) is 0 Å². The van der Waals surface area contributed by atoms with E-state index in [2.05, 4.69) is 12.1 Å². The second-order valence-corrected chi connectivity index (χ2v) is 9.19. The third-order valence-electron chi connectivity index (χ3n) is 5.57. The van der Waals surface area contributed by atoms with Gasteiger partial charge >= 0.3 is 0 Å². The van der Waals surface area contributed by atoms with Crippen LogP contribution in [0.2, 0.25) is 0 Å². The molecule has 29 heavy (non-hydrogen) atoms. The first-order chi connectivity index (χ1) is 14.0. The molecule has 6 nitrogen and oxygen atoms in total. The molecule has 0 aromatic heterocycles. The smallest absolute Gasteiger partial charge is 0.243 e. The van der Waals surface area contributed by atoms with Crippen LogP contribution in [0.1, 0.15) is 24.8 Å². The lowest BCUT2D eigenvalue weighted by atomic mass is 9.91. The van der Waals surface area contributed by atoms with E-state index in [1.165, 1.54) is 25.8 Å². The Hall–Kier alpha value is -2.25. The molecule has 1 aliphatic heterocycles. The molecule has 0 aliphatic carbocycles. The van der Waals surface area contributed by atoms with Crippen molar-refractivity contribution in [3.63, 3.8) is 0 Å². The Labute approximate surface area is 173 Å². The largest absolute Gasteiger partial charge is 0.497 e. The number of aryl methyl sites for hydroxylation is 1. The third-order valence-corrected chi connectivity index (χ3v) is 7.46. The summed E-state index contributed by atoms with van der Waals surface area (Å²) in [5, 5.41) is 0. The maximum atomic E-state index is 13.0. The molecule has 3 rings (SSSR count). The van der Waals surface area contributed by atoms with E-state index in [4.69, 9.17) is 14.2 Å². The van der Waals surface area contributed by atoms with Crippen LogP contribution >= 0.6 is 0 Å². The average molecular weight is 420 g/mol. The molecular weight excluding hydrogens is 390 g/mol. The summed E-state index contributed by atoms with van der Waals surface area (Å²) >= 11 is 0. The summed E-state index contributed by atoms with van der Waals surface area (Å²) in [4.78, 5) is 0.242. The predicted molar refractivity (Wildman–Crippen MR) is 112 cm³/mol. The number of piperidine rings is 1. The Morgan fingerprint density at radius 3 is 2.14 bits per heavy atom. The fraction of sp³-hybridized carbons (Fsp3) is 0.455. The van der Waals surface area contributed by atoms with Crippen molar-refractivity contribution in [2.75, 3.05) is 34.4 Å². The standard InChI is InChI=1S/C22H29NO5S/c1-26-19-8-6-17(7-9-19)4-5-18-12-14-23(15-13-18)29(24,25)20-10-11-21(27-2)22(16-20)28-3/h6-11,16,18H,4-5,12-15H2,1-3H3. The monoisotopic (exact) mass is 419 g/mol. The number of methoxy groups -OCH3 is 3. The minimum absolute atomic E-state index is 0.242. The molecule has 0 saturated carbocycles. The normalized spacial score (nSPS) is 15.8. The Kier molecular flexibility index (Phi) is 7.03. The minimum Gasteiger partial charge on any atom is -0.497 e. The van der Waals surface area contributed by atoms with Gasteiger partial charge in [0.05, 0.1) is 26.2 Å². The molecule has 0 amide bonds. The highest BCUT2D eigenvalue weighted by molar-refractivity contribution is 7.89. The fourth-order valence-electron chi connectivity index (χ4n) is 3.73. The molecule has 7 heteroatoms. The molecule has 1 fully saturated rings. The molecule has 0 spiro atoms. The van der Waals surface area contributed by atoms with Crippen molar-refractivity contribution in [2.24, 2.45) is 5.92 Å². The molecule has 0 bridgehead atoms. The second-order valence-electron chi connectivity index (χ2n) is 7.25. The Morgan fingerprint density at radius 2 is 1.55 bits per heavy atom. The second kappa shape index (κ2) is 9.50. The van der Waals surface area contributed by atoms with Gasteiger partial charge in [-0.15, -0.1) is 0 Å². The molecule has 0 radical (unpaired) electrons. The van der Waals surface area contributed by atoms with E-state index in [1.807, 2.05) is 12.1 Å².